The molecule has 1 atom stereocenters. The smallest absolute Gasteiger partial charge is 0.269 e. The molecule has 1 amide bonds. The second-order valence-electron chi connectivity index (χ2n) is 4.53. The van der Waals surface area contributed by atoms with Gasteiger partial charge in [-0.15, -0.1) is 0 Å². The topological polar surface area (TPSA) is 41.6 Å². The molecule has 1 aromatic carbocycles. The molecule has 0 spiro atoms. The van der Waals surface area contributed by atoms with Gasteiger partial charge in [-0.2, -0.15) is 0 Å². The lowest BCUT2D eigenvalue weighted by atomic mass is 10.2. The van der Waals surface area contributed by atoms with Crippen molar-refractivity contribution in [2.75, 3.05) is 18.5 Å². The maximum atomic E-state index is 12.1. The van der Waals surface area contributed by atoms with Crippen LogP contribution in [0.15, 0.2) is 24.3 Å². The Hall–Kier alpha value is -1.55. The summed E-state index contributed by atoms with van der Waals surface area (Å²) >= 11 is 0. The Morgan fingerprint density at radius 1 is 1.41 bits per heavy atom. The standard InChI is InChI=1S/C13H18N2O2/c1-9(2)14-8-12-13(16)15(3)10-6-4-5-7-11(10)17-12/h4-7,9,12,14H,8H2,1-3H3. The zero-order chi connectivity index (χ0) is 12.4. The van der Waals surface area contributed by atoms with Gasteiger partial charge in [0.05, 0.1) is 5.69 Å². The van der Waals surface area contributed by atoms with Crippen molar-refractivity contribution in [3.63, 3.8) is 0 Å². The molecule has 0 saturated heterocycles. The number of rotatable bonds is 3. The van der Waals surface area contributed by atoms with Gasteiger partial charge in [-0.05, 0) is 12.1 Å². The highest BCUT2D eigenvalue weighted by molar-refractivity contribution is 5.99. The van der Waals surface area contributed by atoms with E-state index < -0.39 is 6.10 Å². The minimum atomic E-state index is -0.433. The third kappa shape index (κ3) is 2.42. The van der Waals surface area contributed by atoms with Gasteiger partial charge in [-0.25, -0.2) is 0 Å². The van der Waals surface area contributed by atoms with Gasteiger partial charge in [0.1, 0.15) is 5.75 Å². The monoisotopic (exact) mass is 234 g/mol. The second-order valence-corrected chi connectivity index (χ2v) is 4.53. The molecule has 1 aliphatic rings. The molecule has 1 N–H and O–H groups in total. The molecular formula is C13H18N2O2. The number of carbonyl (C=O) groups is 1. The van der Waals surface area contributed by atoms with Crippen molar-refractivity contribution in [3.05, 3.63) is 24.3 Å². The first kappa shape index (κ1) is 11.9. The number of hydrogen-bond donors (Lipinski definition) is 1. The number of carbonyl (C=O) groups excluding carboxylic acids is 1. The van der Waals surface area contributed by atoms with Crippen molar-refractivity contribution in [2.45, 2.75) is 26.0 Å². The van der Waals surface area contributed by atoms with Crippen molar-refractivity contribution >= 4 is 11.6 Å². The average Bonchev–Trinajstić information content (AvgIpc) is 2.32. The zero-order valence-electron chi connectivity index (χ0n) is 10.4. The molecular weight excluding hydrogens is 216 g/mol. The Bertz CT molecular complexity index is 418. The first-order valence-corrected chi connectivity index (χ1v) is 5.86. The highest BCUT2D eigenvalue weighted by atomic mass is 16.5. The van der Waals surface area contributed by atoms with Crippen LogP contribution in [0.4, 0.5) is 5.69 Å². The number of anilines is 1. The van der Waals surface area contributed by atoms with Gasteiger partial charge in [-0.3, -0.25) is 4.79 Å². The van der Waals surface area contributed by atoms with Gasteiger partial charge in [0.15, 0.2) is 6.10 Å². The summed E-state index contributed by atoms with van der Waals surface area (Å²) in [4.78, 5) is 13.7. The minimum absolute atomic E-state index is 0.00292. The number of hydrogen-bond acceptors (Lipinski definition) is 3. The molecule has 1 aromatic rings. The second kappa shape index (κ2) is 4.75. The normalized spacial score (nSPS) is 19.2. The number of likely N-dealkylation sites (N-methyl/N-ethyl adjacent to an activating group) is 1. The fourth-order valence-corrected chi connectivity index (χ4v) is 1.84. The molecule has 4 heteroatoms. The predicted molar refractivity (Wildman–Crippen MR) is 67.4 cm³/mol. The Morgan fingerprint density at radius 2 is 2.12 bits per heavy atom. The fraction of sp³-hybridized carbons (Fsp3) is 0.462. The maximum Gasteiger partial charge on any atom is 0.269 e. The van der Waals surface area contributed by atoms with E-state index in [4.69, 9.17) is 4.74 Å². The molecule has 0 aliphatic carbocycles. The Morgan fingerprint density at radius 3 is 2.82 bits per heavy atom. The Kier molecular flexibility index (Phi) is 3.33. The van der Waals surface area contributed by atoms with Crippen LogP contribution in [-0.4, -0.2) is 31.6 Å². The summed E-state index contributed by atoms with van der Waals surface area (Å²) in [6.45, 7) is 4.63. The van der Waals surface area contributed by atoms with E-state index in [2.05, 4.69) is 5.32 Å². The Labute approximate surface area is 102 Å². The molecule has 0 fully saturated rings. The van der Waals surface area contributed by atoms with E-state index in [1.54, 1.807) is 11.9 Å². The molecule has 0 aromatic heterocycles. The van der Waals surface area contributed by atoms with E-state index >= 15 is 0 Å². The van der Waals surface area contributed by atoms with Crippen LogP contribution in [0.3, 0.4) is 0 Å². The van der Waals surface area contributed by atoms with E-state index in [0.717, 1.165) is 11.4 Å². The van der Waals surface area contributed by atoms with E-state index in [1.807, 2.05) is 38.1 Å². The van der Waals surface area contributed by atoms with Crippen molar-refractivity contribution in [1.29, 1.82) is 0 Å². The van der Waals surface area contributed by atoms with Crippen LogP contribution in [0.2, 0.25) is 0 Å². The van der Waals surface area contributed by atoms with E-state index in [-0.39, 0.29) is 5.91 Å². The van der Waals surface area contributed by atoms with Gasteiger partial charge < -0.3 is 15.0 Å². The van der Waals surface area contributed by atoms with Gasteiger partial charge in [-0.1, -0.05) is 26.0 Å². The number of nitrogens with zero attached hydrogens (tertiary/aromatic N) is 1. The number of ether oxygens (including phenoxy) is 1. The molecule has 1 unspecified atom stereocenters. The van der Waals surface area contributed by atoms with Crippen LogP contribution in [0.25, 0.3) is 0 Å². The van der Waals surface area contributed by atoms with Crippen molar-refractivity contribution in [2.24, 2.45) is 0 Å². The predicted octanol–water partition coefficient (Wildman–Crippen LogP) is 1.41. The first-order valence-electron chi connectivity index (χ1n) is 5.86. The van der Waals surface area contributed by atoms with E-state index in [0.29, 0.717) is 12.6 Å². The van der Waals surface area contributed by atoms with Gasteiger partial charge in [0.2, 0.25) is 0 Å². The fourth-order valence-electron chi connectivity index (χ4n) is 1.84. The number of benzene rings is 1. The van der Waals surface area contributed by atoms with Crippen LogP contribution in [0.5, 0.6) is 5.75 Å². The summed E-state index contributed by atoms with van der Waals surface area (Å²) in [6, 6.07) is 7.93. The molecule has 2 rings (SSSR count). The van der Waals surface area contributed by atoms with Crippen LogP contribution in [0.1, 0.15) is 13.8 Å². The zero-order valence-corrected chi connectivity index (χ0v) is 10.4. The number of amides is 1. The molecule has 0 bridgehead atoms. The van der Waals surface area contributed by atoms with E-state index in [9.17, 15) is 4.79 Å². The molecule has 4 nitrogen and oxygen atoms in total. The van der Waals surface area contributed by atoms with Gasteiger partial charge in [0, 0.05) is 19.6 Å². The lowest BCUT2D eigenvalue weighted by molar-refractivity contribution is -0.125. The number of para-hydroxylation sites is 2. The van der Waals surface area contributed by atoms with E-state index in [1.165, 1.54) is 0 Å². The summed E-state index contributed by atoms with van der Waals surface area (Å²) < 4.78 is 5.71. The first-order chi connectivity index (χ1) is 8.09. The van der Waals surface area contributed by atoms with Crippen molar-refractivity contribution in [1.82, 2.24) is 5.32 Å². The molecule has 0 saturated carbocycles. The van der Waals surface area contributed by atoms with Crippen LogP contribution in [-0.2, 0) is 4.79 Å². The summed E-state index contributed by atoms with van der Waals surface area (Å²) in [5.41, 5.74) is 0.832. The molecule has 0 radical (unpaired) electrons. The molecule has 1 heterocycles. The number of fused-ring (bicyclic) bond motifs is 1. The summed E-state index contributed by atoms with van der Waals surface area (Å²) in [5, 5.41) is 3.22. The third-order valence-electron chi connectivity index (χ3n) is 2.81. The van der Waals surface area contributed by atoms with Crippen molar-refractivity contribution < 1.29 is 9.53 Å². The number of nitrogens with one attached hydrogen (secondary N) is 1. The molecule has 92 valence electrons. The van der Waals surface area contributed by atoms with Crippen molar-refractivity contribution in [3.8, 4) is 5.75 Å². The molecule has 1 aliphatic heterocycles. The Balaban J connectivity index is 2.16. The average molecular weight is 234 g/mol. The summed E-state index contributed by atoms with van der Waals surface area (Å²) in [7, 11) is 1.78. The highest BCUT2D eigenvalue weighted by Crippen LogP contribution is 2.32. The lowest BCUT2D eigenvalue weighted by Gasteiger charge is -2.32. The van der Waals surface area contributed by atoms with Crippen LogP contribution >= 0.6 is 0 Å². The van der Waals surface area contributed by atoms with Gasteiger partial charge >= 0.3 is 0 Å². The highest BCUT2D eigenvalue weighted by Gasteiger charge is 2.31. The summed E-state index contributed by atoms with van der Waals surface area (Å²) in [6.07, 6.45) is -0.433. The summed E-state index contributed by atoms with van der Waals surface area (Å²) in [5.74, 6) is 0.766. The SMILES string of the molecule is CC(C)NCC1Oc2ccccc2N(C)C1=O. The maximum absolute atomic E-state index is 12.1. The van der Waals surface area contributed by atoms with Gasteiger partial charge in [0.25, 0.3) is 5.91 Å². The van der Waals surface area contributed by atoms with Crippen LogP contribution in [0, 0.1) is 0 Å². The van der Waals surface area contributed by atoms with Crippen LogP contribution < -0.4 is 15.0 Å². The largest absolute Gasteiger partial charge is 0.477 e. The molecule has 17 heavy (non-hydrogen) atoms. The quantitative estimate of drug-likeness (QED) is 0.859. The third-order valence-corrected chi connectivity index (χ3v) is 2.81. The lowest BCUT2D eigenvalue weighted by Crippen LogP contribution is -2.49. The minimum Gasteiger partial charge on any atom is -0.477 e.